The van der Waals surface area contributed by atoms with Crippen LogP contribution in [0.4, 0.5) is 5.69 Å². The molecule has 3 aliphatic heterocycles. The highest BCUT2D eigenvalue weighted by Gasteiger charge is 2.62. The minimum atomic E-state index is -0.258. The maximum atomic E-state index is 12.5. The van der Waals surface area contributed by atoms with Crippen molar-refractivity contribution in [3.63, 3.8) is 0 Å². The van der Waals surface area contributed by atoms with Crippen LogP contribution in [0.5, 0.6) is 0 Å². The van der Waals surface area contributed by atoms with Crippen molar-refractivity contribution in [2.45, 2.75) is 31.6 Å². The summed E-state index contributed by atoms with van der Waals surface area (Å²) in [6.07, 6.45) is 1.68. The van der Waals surface area contributed by atoms with Crippen molar-refractivity contribution in [2.24, 2.45) is 11.8 Å². The molecule has 0 unspecified atom stereocenters. The fraction of sp³-hybridized carbons (Fsp3) is 0.467. The van der Waals surface area contributed by atoms with Gasteiger partial charge in [-0.05, 0) is 24.5 Å². The molecule has 3 saturated heterocycles. The molecule has 0 spiro atoms. The van der Waals surface area contributed by atoms with Crippen LogP contribution in [0.15, 0.2) is 24.3 Å². The molecule has 2 N–H and O–H groups in total. The molecule has 3 aliphatic rings. The summed E-state index contributed by atoms with van der Waals surface area (Å²) < 4.78 is 5.71. The maximum absolute atomic E-state index is 12.5. The van der Waals surface area contributed by atoms with E-state index in [-0.39, 0.29) is 42.4 Å². The Balaban J connectivity index is 1.63. The van der Waals surface area contributed by atoms with Crippen LogP contribution in [-0.2, 0) is 20.9 Å². The molecule has 1 aromatic rings. The topological polar surface area (TPSA) is 72.6 Å². The number of amides is 2. The Hall–Kier alpha value is -1.88. The van der Waals surface area contributed by atoms with Crippen LogP contribution in [0.3, 0.4) is 0 Å². The number of ether oxygens (including phenoxy) is 1. The van der Waals surface area contributed by atoms with Crippen molar-refractivity contribution in [2.75, 3.05) is 5.73 Å². The lowest BCUT2D eigenvalue weighted by atomic mass is 9.81. The Bertz CT molecular complexity index is 573. The third-order valence-corrected chi connectivity index (χ3v) is 4.76. The minimum Gasteiger partial charge on any atom is -0.398 e. The number of benzene rings is 1. The lowest BCUT2D eigenvalue weighted by Gasteiger charge is -2.18. The SMILES string of the molecule is Nc1ccccc1CN1C(=O)[C@@H]2[C@H](C1=O)[C@@H]1CC[C@H]2O1. The first-order chi connectivity index (χ1) is 9.66. The number of hydrogen-bond donors (Lipinski definition) is 1. The van der Waals surface area contributed by atoms with Gasteiger partial charge < -0.3 is 10.5 Å². The molecule has 2 bridgehead atoms. The van der Waals surface area contributed by atoms with Gasteiger partial charge in [-0.1, -0.05) is 18.2 Å². The molecule has 4 atom stereocenters. The van der Waals surface area contributed by atoms with E-state index >= 15 is 0 Å². The van der Waals surface area contributed by atoms with E-state index in [0.717, 1.165) is 18.4 Å². The number of nitrogens with zero attached hydrogens (tertiary/aromatic N) is 1. The lowest BCUT2D eigenvalue weighted by Crippen LogP contribution is -2.33. The number of carbonyl (C=O) groups is 2. The standard InChI is InChI=1S/C15H16N2O3/c16-9-4-2-1-3-8(9)7-17-14(18)12-10-5-6-11(20-10)13(12)15(17)19/h1-4,10-13H,5-7,16H2/t10-,11+,12+,13-. The Morgan fingerprint density at radius 3 is 2.30 bits per heavy atom. The van der Waals surface area contributed by atoms with Crippen LogP contribution in [0, 0.1) is 11.8 Å². The predicted molar refractivity (Wildman–Crippen MR) is 71.3 cm³/mol. The molecule has 104 valence electrons. The molecule has 0 saturated carbocycles. The van der Waals surface area contributed by atoms with E-state index in [2.05, 4.69) is 0 Å². The van der Waals surface area contributed by atoms with Crippen molar-refractivity contribution in [3.05, 3.63) is 29.8 Å². The van der Waals surface area contributed by atoms with Crippen LogP contribution in [0.2, 0.25) is 0 Å². The van der Waals surface area contributed by atoms with Gasteiger partial charge in [-0.25, -0.2) is 0 Å². The van der Waals surface area contributed by atoms with Gasteiger partial charge in [0.05, 0.1) is 30.6 Å². The molecule has 20 heavy (non-hydrogen) atoms. The Kier molecular flexibility index (Phi) is 2.41. The van der Waals surface area contributed by atoms with Crippen molar-refractivity contribution in [1.82, 2.24) is 4.90 Å². The Labute approximate surface area is 116 Å². The summed E-state index contributed by atoms with van der Waals surface area (Å²) in [6.45, 7) is 0.275. The summed E-state index contributed by atoms with van der Waals surface area (Å²) in [4.78, 5) is 26.3. The monoisotopic (exact) mass is 272 g/mol. The summed E-state index contributed by atoms with van der Waals surface area (Å²) in [6, 6.07) is 7.35. The minimum absolute atomic E-state index is 0.0560. The second-order valence-corrected chi connectivity index (χ2v) is 5.80. The Morgan fingerprint density at radius 1 is 1.10 bits per heavy atom. The van der Waals surface area contributed by atoms with Crippen LogP contribution in [-0.4, -0.2) is 28.9 Å². The zero-order valence-corrected chi connectivity index (χ0v) is 11.0. The van der Waals surface area contributed by atoms with Gasteiger partial charge in [-0.2, -0.15) is 0 Å². The van der Waals surface area contributed by atoms with Crippen LogP contribution < -0.4 is 5.73 Å². The summed E-state index contributed by atoms with van der Waals surface area (Å²) in [7, 11) is 0. The Morgan fingerprint density at radius 2 is 1.70 bits per heavy atom. The van der Waals surface area contributed by atoms with Gasteiger partial charge in [0, 0.05) is 5.69 Å². The summed E-state index contributed by atoms with van der Waals surface area (Å²) in [5.74, 6) is -0.691. The maximum Gasteiger partial charge on any atom is 0.236 e. The number of rotatable bonds is 2. The van der Waals surface area contributed by atoms with Crippen LogP contribution in [0.1, 0.15) is 18.4 Å². The van der Waals surface area contributed by atoms with E-state index in [1.54, 1.807) is 6.07 Å². The number of nitrogen functional groups attached to an aromatic ring is 1. The quantitative estimate of drug-likeness (QED) is 0.642. The number of fused-ring (bicyclic) bond motifs is 5. The highest BCUT2D eigenvalue weighted by atomic mass is 16.5. The highest BCUT2D eigenvalue weighted by Crippen LogP contribution is 2.48. The number of hydrogen-bond acceptors (Lipinski definition) is 4. The molecule has 4 rings (SSSR count). The summed E-state index contributed by atoms with van der Waals surface area (Å²) >= 11 is 0. The summed E-state index contributed by atoms with van der Waals surface area (Å²) in [5, 5.41) is 0. The first-order valence-corrected chi connectivity index (χ1v) is 7.01. The van der Waals surface area contributed by atoms with E-state index in [9.17, 15) is 9.59 Å². The van der Waals surface area contributed by atoms with E-state index < -0.39 is 0 Å². The van der Waals surface area contributed by atoms with Gasteiger partial charge in [-0.3, -0.25) is 14.5 Å². The number of likely N-dealkylation sites (tertiary alicyclic amines) is 1. The molecule has 5 heteroatoms. The number of nitrogens with two attached hydrogens (primary N) is 1. The molecular weight excluding hydrogens is 256 g/mol. The van der Waals surface area contributed by atoms with E-state index in [1.165, 1.54) is 4.90 Å². The smallest absolute Gasteiger partial charge is 0.236 e. The first kappa shape index (κ1) is 11.9. The van der Waals surface area contributed by atoms with Crippen LogP contribution >= 0.6 is 0 Å². The number of para-hydroxylation sites is 1. The van der Waals surface area contributed by atoms with Crippen molar-refractivity contribution < 1.29 is 14.3 Å². The van der Waals surface area contributed by atoms with E-state index in [0.29, 0.717) is 5.69 Å². The van der Waals surface area contributed by atoms with Gasteiger partial charge in [0.2, 0.25) is 11.8 Å². The molecule has 2 amide bonds. The largest absolute Gasteiger partial charge is 0.398 e. The molecule has 5 nitrogen and oxygen atoms in total. The average molecular weight is 272 g/mol. The molecule has 0 aromatic heterocycles. The molecule has 3 fully saturated rings. The fourth-order valence-electron chi connectivity index (χ4n) is 3.78. The van der Waals surface area contributed by atoms with Crippen molar-refractivity contribution >= 4 is 17.5 Å². The van der Waals surface area contributed by atoms with Gasteiger partial charge >= 0.3 is 0 Å². The average Bonchev–Trinajstić information content (AvgIpc) is 3.10. The third kappa shape index (κ3) is 1.47. The second-order valence-electron chi connectivity index (χ2n) is 5.80. The number of imide groups is 1. The van der Waals surface area contributed by atoms with Gasteiger partial charge in [0.1, 0.15) is 0 Å². The van der Waals surface area contributed by atoms with Crippen LogP contribution in [0.25, 0.3) is 0 Å². The molecule has 0 radical (unpaired) electrons. The van der Waals surface area contributed by atoms with Gasteiger partial charge in [0.15, 0.2) is 0 Å². The van der Waals surface area contributed by atoms with E-state index in [1.807, 2.05) is 18.2 Å². The number of carbonyl (C=O) groups excluding carboxylic acids is 2. The lowest BCUT2D eigenvalue weighted by molar-refractivity contribution is -0.143. The van der Waals surface area contributed by atoms with Gasteiger partial charge in [-0.15, -0.1) is 0 Å². The highest BCUT2D eigenvalue weighted by molar-refractivity contribution is 6.06. The van der Waals surface area contributed by atoms with Crippen molar-refractivity contribution in [1.29, 1.82) is 0 Å². The zero-order chi connectivity index (χ0) is 13.9. The van der Waals surface area contributed by atoms with Crippen molar-refractivity contribution in [3.8, 4) is 0 Å². The summed E-state index contributed by atoms with van der Waals surface area (Å²) in [5.41, 5.74) is 7.34. The predicted octanol–water partition coefficient (Wildman–Crippen LogP) is 0.931. The molecule has 0 aliphatic carbocycles. The third-order valence-electron chi connectivity index (χ3n) is 4.76. The molecular formula is C15H16N2O3. The zero-order valence-electron chi connectivity index (χ0n) is 11.0. The molecule has 1 aromatic carbocycles. The first-order valence-electron chi connectivity index (χ1n) is 7.01. The number of anilines is 1. The molecule has 3 heterocycles. The fourth-order valence-corrected chi connectivity index (χ4v) is 3.78. The van der Waals surface area contributed by atoms with E-state index in [4.69, 9.17) is 10.5 Å². The van der Waals surface area contributed by atoms with Gasteiger partial charge in [0.25, 0.3) is 0 Å². The second kappa shape index (κ2) is 4.06. The normalized spacial score (nSPS) is 34.9.